The summed E-state index contributed by atoms with van der Waals surface area (Å²) in [6, 6.07) is 5.27. The van der Waals surface area contributed by atoms with Gasteiger partial charge in [-0.15, -0.1) is 0 Å². The minimum Gasteiger partial charge on any atom is -0.368 e. The third-order valence-electron chi connectivity index (χ3n) is 4.00. The predicted octanol–water partition coefficient (Wildman–Crippen LogP) is 1.92. The van der Waals surface area contributed by atoms with Crippen molar-refractivity contribution in [2.24, 2.45) is 11.7 Å². The zero-order chi connectivity index (χ0) is 15.2. The normalized spacial score (nSPS) is 17.2. The molecule has 0 bridgehead atoms. The Morgan fingerprint density at radius 2 is 2.00 bits per heavy atom. The Morgan fingerprint density at radius 3 is 2.62 bits per heavy atom. The summed E-state index contributed by atoms with van der Waals surface area (Å²) in [7, 11) is 0. The van der Waals surface area contributed by atoms with Gasteiger partial charge in [-0.3, -0.25) is 9.59 Å². The SMILES string of the molecule is NC(=O)[C@H](NC(=O)Cc1cccc(F)c1)C1CCCCC1. The summed E-state index contributed by atoms with van der Waals surface area (Å²) in [5, 5.41) is 2.72. The van der Waals surface area contributed by atoms with Gasteiger partial charge in [0.2, 0.25) is 11.8 Å². The number of benzene rings is 1. The molecular formula is C16H21FN2O2. The van der Waals surface area contributed by atoms with Crippen molar-refractivity contribution in [2.75, 3.05) is 0 Å². The molecule has 4 nitrogen and oxygen atoms in total. The van der Waals surface area contributed by atoms with Gasteiger partial charge >= 0.3 is 0 Å². The van der Waals surface area contributed by atoms with Crippen LogP contribution >= 0.6 is 0 Å². The van der Waals surface area contributed by atoms with Gasteiger partial charge in [-0.05, 0) is 36.5 Å². The first-order valence-corrected chi connectivity index (χ1v) is 7.39. The molecule has 1 aliphatic rings. The summed E-state index contributed by atoms with van der Waals surface area (Å²) in [5.74, 6) is -1.05. The molecule has 0 heterocycles. The first kappa shape index (κ1) is 15.5. The molecule has 1 aliphatic carbocycles. The number of hydrogen-bond donors (Lipinski definition) is 2. The van der Waals surface area contributed by atoms with Crippen LogP contribution in [0.25, 0.3) is 0 Å². The molecule has 1 atom stereocenters. The Hall–Kier alpha value is -1.91. The van der Waals surface area contributed by atoms with E-state index in [1.807, 2.05) is 0 Å². The van der Waals surface area contributed by atoms with Gasteiger partial charge in [-0.1, -0.05) is 31.4 Å². The number of carbonyl (C=O) groups is 2. The smallest absolute Gasteiger partial charge is 0.240 e. The lowest BCUT2D eigenvalue weighted by Gasteiger charge is -2.28. The standard InChI is InChI=1S/C16H21FN2O2/c17-13-8-4-5-11(9-13)10-14(20)19-15(16(18)21)12-6-2-1-3-7-12/h4-5,8-9,12,15H,1-3,6-7,10H2,(H2,18,21)(H,19,20)/t15-/m1/s1. The predicted molar refractivity (Wildman–Crippen MR) is 77.8 cm³/mol. The van der Waals surface area contributed by atoms with Crippen LogP contribution in [0.1, 0.15) is 37.7 Å². The average Bonchev–Trinajstić information content (AvgIpc) is 2.45. The Balaban J connectivity index is 1.96. The highest BCUT2D eigenvalue weighted by atomic mass is 19.1. The monoisotopic (exact) mass is 292 g/mol. The van der Waals surface area contributed by atoms with Crippen LogP contribution in [0.4, 0.5) is 4.39 Å². The Kier molecular flexibility index (Phi) is 5.31. The number of nitrogens with two attached hydrogens (primary N) is 1. The van der Waals surface area contributed by atoms with Crippen molar-refractivity contribution in [3.63, 3.8) is 0 Å². The maximum Gasteiger partial charge on any atom is 0.240 e. The molecule has 0 aliphatic heterocycles. The summed E-state index contributed by atoms with van der Waals surface area (Å²) in [4.78, 5) is 23.6. The number of carbonyl (C=O) groups excluding carboxylic acids is 2. The van der Waals surface area contributed by atoms with E-state index in [0.29, 0.717) is 5.56 Å². The number of primary amides is 1. The van der Waals surface area contributed by atoms with Gasteiger partial charge in [0.25, 0.3) is 0 Å². The molecule has 2 amide bonds. The summed E-state index contributed by atoms with van der Waals surface area (Å²) in [6.45, 7) is 0. The minimum atomic E-state index is -0.619. The van der Waals surface area contributed by atoms with Gasteiger partial charge in [0.1, 0.15) is 11.9 Å². The maximum atomic E-state index is 13.1. The molecule has 0 radical (unpaired) electrons. The highest BCUT2D eigenvalue weighted by Gasteiger charge is 2.29. The van der Waals surface area contributed by atoms with E-state index >= 15 is 0 Å². The molecule has 1 fully saturated rings. The van der Waals surface area contributed by atoms with Crippen molar-refractivity contribution in [3.05, 3.63) is 35.6 Å². The van der Waals surface area contributed by atoms with Gasteiger partial charge in [0, 0.05) is 0 Å². The van der Waals surface area contributed by atoms with E-state index in [1.165, 1.54) is 18.6 Å². The summed E-state index contributed by atoms with van der Waals surface area (Å²) < 4.78 is 13.1. The number of hydrogen-bond acceptors (Lipinski definition) is 2. The van der Waals surface area contributed by atoms with Crippen LogP contribution in [0.2, 0.25) is 0 Å². The van der Waals surface area contributed by atoms with Gasteiger partial charge in [0.05, 0.1) is 6.42 Å². The van der Waals surface area contributed by atoms with Crippen LogP contribution in [0.3, 0.4) is 0 Å². The van der Waals surface area contributed by atoms with E-state index in [4.69, 9.17) is 5.73 Å². The lowest BCUT2D eigenvalue weighted by atomic mass is 9.83. The Morgan fingerprint density at radius 1 is 1.29 bits per heavy atom. The maximum absolute atomic E-state index is 13.1. The topological polar surface area (TPSA) is 72.2 Å². The van der Waals surface area contributed by atoms with Gasteiger partial charge in [-0.2, -0.15) is 0 Å². The molecule has 0 aromatic heterocycles. The zero-order valence-electron chi connectivity index (χ0n) is 12.0. The van der Waals surface area contributed by atoms with Crippen LogP contribution in [0, 0.1) is 11.7 Å². The molecule has 1 aromatic rings. The molecule has 114 valence electrons. The fourth-order valence-corrected chi connectivity index (χ4v) is 2.95. The number of nitrogens with one attached hydrogen (secondary N) is 1. The molecule has 1 saturated carbocycles. The molecule has 3 N–H and O–H groups in total. The second kappa shape index (κ2) is 7.20. The van der Waals surface area contributed by atoms with Crippen LogP contribution < -0.4 is 11.1 Å². The van der Waals surface area contributed by atoms with Gasteiger partial charge in [0.15, 0.2) is 0 Å². The molecule has 5 heteroatoms. The van der Waals surface area contributed by atoms with Gasteiger partial charge in [-0.25, -0.2) is 4.39 Å². The summed E-state index contributed by atoms with van der Waals surface area (Å²) in [5.41, 5.74) is 6.00. The molecule has 0 unspecified atom stereocenters. The van der Waals surface area contributed by atoms with Crippen molar-refractivity contribution in [1.82, 2.24) is 5.32 Å². The number of amides is 2. The molecular weight excluding hydrogens is 271 g/mol. The van der Waals surface area contributed by atoms with Crippen molar-refractivity contribution >= 4 is 11.8 Å². The zero-order valence-corrected chi connectivity index (χ0v) is 12.0. The second-order valence-electron chi connectivity index (χ2n) is 5.65. The first-order valence-electron chi connectivity index (χ1n) is 7.39. The van der Waals surface area contributed by atoms with Gasteiger partial charge < -0.3 is 11.1 Å². The second-order valence-corrected chi connectivity index (χ2v) is 5.65. The summed E-state index contributed by atoms with van der Waals surface area (Å²) in [6.07, 6.45) is 5.16. The minimum absolute atomic E-state index is 0.0499. The number of rotatable bonds is 5. The molecule has 21 heavy (non-hydrogen) atoms. The molecule has 0 spiro atoms. The third kappa shape index (κ3) is 4.55. The summed E-state index contributed by atoms with van der Waals surface area (Å²) >= 11 is 0. The van der Waals surface area contributed by atoms with E-state index in [2.05, 4.69) is 5.32 Å². The van der Waals surface area contributed by atoms with Crippen molar-refractivity contribution in [2.45, 2.75) is 44.6 Å². The average molecular weight is 292 g/mol. The highest BCUT2D eigenvalue weighted by molar-refractivity contribution is 5.87. The van der Waals surface area contributed by atoms with Crippen LogP contribution in [0.5, 0.6) is 0 Å². The van der Waals surface area contributed by atoms with Crippen molar-refractivity contribution in [1.29, 1.82) is 0 Å². The highest BCUT2D eigenvalue weighted by Crippen LogP contribution is 2.26. The molecule has 2 rings (SSSR count). The van der Waals surface area contributed by atoms with Crippen molar-refractivity contribution in [3.8, 4) is 0 Å². The lowest BCUT2D eigenvalue weighted by Crippen LogP contribution is -2.50. The van der Waals surface area contributed by atoms with Crippen molar-refractivity contribution < 1.29 is 14.0 Å². The van der Waals surface area contributed by atoms with Crippen LogP contribution in [0.15, 0.2) is 24.3 Å². The van der Waals surface area contributed by atoms with E-state index in [1.54, 1.807) is 12.1 Å². The largest absolute Gasteiger partial charge is 0.368 e. The number of halogens is 1. The van der Waals surface area contributed by atoms with E-state index in [9.17, 15) is 14.0 Å². The van der Waals surface area contributed by atoms with E-state index < -0.39 is 11.9 Å². The van der Waals surface area contributed by atoms with Crippen LogP contribution in [-0.2, 0) is 16.0 Å². The van der Waals surface area contributed by atoms with Crippen LogP contribution in [-0.4, -0.2) is 17.9 Å². The Labute approximate surface area is 123 Å². The first-order chi connectivity index (χ1) is 10.1. The lowest BCUT2D eigenvalue weighted by molar-refractivity contribution is -0.128. The molecule has 0 saturated heterocycles. The fraction of sp³-hybridized carbons (Fsp3) is 0.500. The Bertz CT molecular complexity index is 513. The quantitative estimate of drug-likeness (QED) is 0.870. The molecule has 1 aromatic carbocycles. The third-order valence-corrected chi connectivity index (χ3v) is 4.00. The van der Waals surface area contributed by atoms with E-state index in [-0.39, 0.29) is 24.1 Å². The van der Waals surface area contributed by atoms with E-state index in [0.717, 1.165) is 25.7 Å². The fourth-order valence-electron chi connectivity index (χ4n) is 2.95.